The van der Waals surface area contributed by atoms with Crippen LogP contribution in [0, 0.1) is 0 Å². The molecule has 23 heavy (non-hydrogen) atoms. The van der Waals surface area contributed by atoms with Gasteiger partial charge in [-0.1, -0.05) is 18.2 Å². The minimum absolute atomic E-state index is 0. The van der Waals surface area contributed by atoms with E-state index in [1.165, 1.54) is 0 Å². The van der Waals surface area contributed by atoms with E-state index in [1.807, 2.05) is 30.5 Å². The molecule has 0 saturated carbocycles. The number of fused-ring (bicyclic) bond motifs is 1. The number of nitrogens with two attached hydrogens (primary N) is 1. The number of amides is 2. The number of rotatable bonds is 4. The lowest BCUT2D eigenvalue weighted by molar-refractivity contribution is -0.126. The van der Waals surface area contributed by atoms with E-state index in [2.05, 4.69) is 15.6 Å². The molecule has 3 rings (SSSR count). The van der Waals surface area contributed by atoms with Gasteiger partial charge in [0, 0.05) is 36.1 Å². The summed E-state index contributed by atoms with van der Waals surface area (Å²) in [5.74, 6) is -0.139. The predicted molar refractivity (Wildman–Crippen MR) is 91.4 cm³/mol. The van der Waals surface area contributed by atoms with Gasteiger partial charge in [-0.2, -0.15) is 0 Å². The minimum Gasteiger partial charge on any atom is -0.361 e. The normalized spacial score (nSPS) is 18.8. The van der Waals surface area contributed by atoms with Crippen LogP contribution in [0.3, 0.4) is 0 Å². The van der Waals surface area contributed by atoms with E-state index in [0.29, 0.717) is 25.8 Å². The predicted octanol–water partition coefficient (Wildman–Crippen LogP) is 0.854. The van der Waals surface area contributed by atoms with Crippen molar-refractivity contribution in [2.24, 2.45) is 5.73 Å². The number of aromatic amines is 1. The number of hydrogen-bond acceptors (Lipinski definition) is 3. The molecule has 2 heterocycles. The molecule has 2 aromatic rings. The fourth-order valence-corrected chi connectivity index (χ4v) is 2.79. The average molecular weight is 337 g/mol. The highest BCUT2D eigenvalue weighted by Gasteiger charge is 2.23. The van der Waals surface area contributed by atoms with Crippen LogP contribution < -0.4 is 16.4 Å². The van der Waals surface area contributed by atoms with Gasteiger partial charge < -0.3 is 21.4 Å². The first kappa shape index (κ1) is 17.3. The molecule has 0 spiro atoms. The third-order valence-corrected chi connectivity index (χ3v) is 4.06. The summed E-state index contributed by atoms with van der Waals surface area (Å²) in [5.41, 5.74) is 8.11. The number of carbonyl (C=O) groups is 2. The molecule has 0 aliphatic carbocycles. The molecule has 1 aliphatic rings. The number of piperidine rings is 1. The molecule has 1 unspecified atom stereocenters. The number of aromatic nitrogens is 1. The zero-order valence-corrected chi connectivity index (χ0v) is 13.5. The van der Waals surface area contributed by atoms with Gasteiger partial charge in [0.15, 0.2) is 0 Å². The van der Waals surface area contributed by atoms with Gasteiger partial charge >= 0.3 is 0 Å². The lowest BCUT2D eigenvalue weighted by Crippen LogP contribution is -2.52. The largest absolute Gasteiger partial charge is 0.361 e. The fraction of sp³-hybridized carbons (Fsp3) is 0.375. The van der Waals surface area contributed by atoms with Crippen molar-refractivity contribution in [3.05, 3.63) is 36.0 Å². The molecule has 1 fully saturated rings. The number of benzene rings is 1. The Bertz CT molecular complexity index is 690. The molecule has 5 N–H and O–H groups in total. The Morgan fingerprint density at radius 1 is 1.39 bits per heavy atom. The highest BCUT2D eigenvalue weighted by molar-refractivity contribution is 5.86. The van der Waals surface area contributed by atoms with Crippen molar-refractivity contribution in [3.63, 3.8) is 0 Å². The van der Waals surface area contributed by atoms with E-state index in [4.69, 9.17) is 5.73 Å². The van der Waals surface area contributed by atoms with Gasteiger partial charge in [0.05, 0.1) is 6.04 Å². The Hall–Kier alpha value is -2.05. The summed E-state index contributed by atoms with van der Waals surface area (Å²) in [4.78, 5) is 26.5. The Morgan fingerprint density at radius 2 is 2.17 bits per heavy atom. The molecule has 0 bridgehead atoms. The summed E-state index contributed by atoms with van der Waals surface area (Å²) < 4.78 is 0. The maximum absolute atomic E-state index is 12.2. The number of halogens is 1. The average Bonchev–Trinajstić information content (AvgIpc) is 2.93. The molecule has 2 atom stereocenters. The molecular weight excluding hydrogens is 316 g/mol. The van der Waals surface area contributed by atoms with Gasteiger partial charge in [0.25, 0.3) is 0 Å². The Kier molecular flexibility index (Phi) is 5.63. The Labute approximate surface area is 140 Å². The van der Waals surface area contributed by atoms with E-state index in [0.717, 1.165) is 16.5 Å². The fourth-order valence-electron chi connectivity index (χ4n) is 2.79. The van der Waals surface area contributed by atoms with Crippen molar-refractivity contribution in [2.45, 2.75) is 31.3 Å². The van der Waals surface area contributed by atoms with Crippen LogP contribution >= 0.6 is 12.4 Å². The quantitative estimate of drug-likeness (QED) is 0.666. The van der Waals surface area contributed by atoms with E-state index >= 15 is 0 Å². The van der Waals surface area contributed by atoms with Crippen LogP contribution in [0.25, 0.3) is 10.9 Å². The van der Waals surface area contributed by atoms with E-state index < -0.39 is 6.04 Å². The Morgan fingerprint density at radius 3 is 2.91 bits per heavy atom. The Balaban J connectivity index is 0.00000192. The summed E-state index contributed by atoms with van der Waals surface area (Å²) in [7, 11) is 0. The van der Waals surface area contributed by atoms with Crippen LogP contribution in [-0.2, 0) is 16.0 Å². The molecule has 7 heteroatoms. The van der Waals surface area contributed by atoms with Crippen LogP contribution in [0.2, 0.25) is 0 Å². The highest BCUT2D eigenvalue weighted by atomic mass is 35.5. The molecular formula is C16H21ClN4O2. The topological polar surface area (TPSA) is 100 Å². The van der Waals surface area contributed by atoms with Crippen LogP contribution in [0.4, 0.5) is 0 Å². The molecule has 6 nitrogen and oxygen atoms in total. The van der Waals surface area contributed by atoms with Gasteiger partial charge in [-0.15, -0.1) is 12.4 Å². The molecule has 0 radical (unpaired) electrons. The number of nitrogens with one attached hydrogen (secondary N) is 3. The number of hydrogen-bond donors (Lipinski definition) is 4. The monoisotopic (exact) mass is 336 g/mol. The number of H-pyrrole nitrogens is 1. The maximum atomic E-state index is 12.2. The zero-order valence-electron chi connectivity index (χ0n) is 12.7. The van der Waals surface area contributed by atoms with E-state index in [-0.39, 0.29) is 30.3 Å². The second-order valence-electron chi connectivity index (χ2n) is 5.72. The van der Waals surface area contributed by atoms with Crippen molar-refractivity contribution in [1.82, 2.24) is 15.6 Å². The molecule has 1 aliphatic heterocycles. The van der Waals surface area contributed by atoms with Crippen molar-refractivity contribution < 1.29 is 9.59 Å². The van der Waals surface area contributed by atoms with Crippen LogP contribution in [0.5, 0.6) is 0 Å². The maximum Gasteiger partial charge on any atom is 0.237 e. The van der Waals surface area contributed by atoms with Gasteiger partial charge in [-0.25, -0.2) is 0 Å². The van der Waals surface area contributed by atoms with Crippen molar-refractivity contribution in [2.75, 3.05) is 6.54 Å². The van der Waals surface area contributed by atoms with Gasteiger partial charge in [0.2, 0.25) is 11.8 Å². The number of carbonyl (C=O) groups excluding carboxylic acids is 2. The van der Waals surface area contributed by atoms with E-state index in [9.17, 15) is 9.59 Å². The van der Waals surface area contributed by atoms with Crippen LogP contribution in [0.1, 0.15) is 18.4 Å². The number of para-hydroxylation sites is 1. The summed E-state index contributed by atoms with van der Waals surface area (Å²) >= 11 is 0. The second kappa shape index (κ2) is 7.48. The summed E-state index contributed by atoms with van der Waals surface area (Å²) in [6.45, 7) is 0.477. The first-order valence-electron chi connectivity index (χ1n) is 7.51. The standard InChI is InChI=1S/C16H20N4O2.ClH/c17-13(16(22)20-11-5-6-15(21)19-9-11)7-10-8-18-14-4-2-1-3-12(10)14;/h1-4,8,11,13,18H,5-7,9,17H2,(H,19,21)(H,20,22);1H/t11?,13-;/m0./s1. The second-order valence-corrected chi connectivity index (χ2v) is 5.72. The third-order valence-electron chi connectivity index (χ3n) is 4.06. The molecule has 1 aromatic carbocycles. The molecule has 1 saturated heterocycles. The highest BCUT2D eigenvalue weighted by Crippen LogP contribution is 2.18. The molecule has 124 valence electrons. The summed E-state index contributed by atoms with van der Waals surface area (Å²) in [6.07, 6.45) is 3.49. The first-order valence-corrected chi connectivity index (χ1v) is 7.51. The summed E-state index contributed by atoms with van der Waals surface area (Å²) in [5, 5.41) is 6.75. The SMILES string of the molecule is Cl.N[C@@H](Cc1c[nH]c2ccccc12)C(=O)NC1CCC(=O)NC1. The van der Waals surface area contributed by atoms with Crippen molar-refractivity contribution >= 4 is 35.1 Å². The minimum atomic E-state index is -0.600. The van der Waals surface area contributed by atoms with Gasteiger partial charge in [-0.3, -0.25) is 9.59 Å². The van der Waals surface area contributed by atoms with Crippen molar-refractivity contribution in [3.8, 4) is 0 Å². The van der Waals surface area contributed by atoms with Crippen LogP contribution in [-0.4, -0.2) is 35.4 Å². The van der Waals surface area contributed by atoms with Crippen molar-refractivity contribution in [1.29, 1.82) is 0 Å². The summed E-state index contributed by atoms with van der Waals surface area (Å²) in [6, 6.07) is 7.32. The van der Waals surface area contributed by atoms with Gasteiger partial charge in [-0.05, 0) is 24.5 Å². The molecule has 1 aromatic heterocycles. The first-order chi connectivity index (χ1) is 10.6. The lowest BCUT2D eigenvalue weighted by Gasteiger charge is -2.24. The van der Waals surface area contributed by atoms with E-state index in [1.54, 1.807) is 0 Å². The zero-order chi connectivity index (χ0) is 15.5. The lowest BCUT2D eigenvalue weighted by atomic mass is 10.0. The smallest absolute Gasteiger partial charge is 0.237 e. The molecule has 2 amide bonds. The third kappa shape index (κ3) is 4.03. The van der Waals surface area contributed by atoms with Gasteiger partial charge in [0.1, 0.15) is 0 Å². The van der Waals surface area contributed by atoms with Crippen LogP contribution in [0.15, 0.2) is 30.5 Å².